The summed E-state index contributed by atoms with van der Waals surface area (Å²) in [5, 5.41) is 7.40. The van der Waals surface area contributed by atoms with Crippen molar-refractivity contribution in [1.29, 1.82) is 0 Å². The highest BCUT2D eigenvalue weighted by molar-refractivity contribution is 9.10. The van der Waals surface area contributed by atoms with Crippen LogP contribution in [-0.4, -0.2) is 65.4 Å². The first-order valence-corrected chi connectivity index (χ1v) is 7.66. The fourth-order valence-electron chi connectivity index (χ4n) is 2.34. The maximum atomic E-state index is 11.8. The van der Waals surface area contributed by atoms with Gasteiger partial charge in [0, 0.05) is 45.8 Å². The van der Waals surface area contributed by atoms with Gasteiger partial charge in [-0.2, -0.15) is 5.10 Å². The van der Waals surface area contributed by atoms with Crippen LogP contribution in [0.2, 0.25) is 0 Å². The molecule has 1 saturated heterocycles. The number of hydrogen-bond acceptors (Lipinski definition) is 5. The van der Waals surface area contributed by atoms with Crippen LogP contribution >= 0.6 is 15.9 Å². The summed E-state index contributed by atoms with van der Waals surface area (Å²) in [4.78, 5) is 16.6. The molecule has 112 valence electrons. The number of rotatable bonds is 4. The molecule has 2 rings (SSSR count). The average Bonchev–Trinajstić information content (AvgIpc) is 2.42. The summed E-state index contributed by atoms with van der Waals surface area (Å²) >= 11 is 3.34. The second-order valence-electron chi connectivity index (χ2n) is 5.45. The second-order valence-corrected chi connectivity index (χ2v) is 6.24. The normalized spacial score (nSPS) is 19.0. The third-order valence-corrected chi connectivity index (χ3v) is 4.37. The quantitative estimate of drug-likeness (QED) is 0.867. The lowest BCUT2D eigenvalue weighted by atomic mass is 10.2. The number of halogens is 1. The van der Waals surface area contributed by atoms with Crippen LogP contribution in [0.5, 0.6) is 0 Å². The lowest BCUT2D eigenvalue weighted by molar-refractivity contribution is 0.151. The van der Waals surface area contributed by atoms with E-state index in [1.807, 2.05) is 0 Å². The largest absolute Gasteiger partial charge is 0.379 e. The van der Waals surface area contributed by atoms with Crippen LogP contribution in [0.3, 0.4) is 0 Å². The summed E-state index contributed by atoms with van der Waals surface area (Å²) in [5.41, 5.74) is 0.636. The Hall–Kier alpha value is -0.920. The minimum atomic E-state index is -0.123. The predicted molar refractivity (Wildman–Crippen MR) is 84.2 cm³/mol. The molecule has 1 aliphatic rings. The maximum Gasteiger partial charge on any atom is 0.282 e. The van der Waals surface area contributed by atoms with Crippen LogP contribution in [0.25, 0.3) is 0 Å². The van der Waals surface area contributed by atoms with Gasteiger partial charge in [0.1, 0.15) is 4.47 Å². The Morgan fingerprint density at radius 1 is 1.35 bits per heavy atom. The molecule has 1 unspecified atom stereocenters. The number of aryl methyl sites for hydroxylation is 1. The minimum absolute atomic E-state index is 0.123. The first-order chi connectivity index (χ1) is 9.47. The summed E-state index contributed by atoms with van der Waals surface area (Å²) < 4.78 is 1.86. The zero-order valence-corrected chi connectivity index (χ0v) is 13.9. The van der Waals surface area contributed by atoms with E-state index in [9.17, 15) is 4.79 Å². The topological polar surface area (TPSA) is 53.4 Å². The number of nitrogens with one attached hydrogen (secondary N) is 1. The van der Waals surface area contributed by atoms with Crippen molar-refractivity contribution in [3.05, 3.63) is 21.0 Å². The Morgan fingerprint density at radius 3 is 2.65 bits per heavy atom. The van der Waals surface area contributed by atoms with Gasteiger partial charge in [-0.1, -0.05) is 0 Å². The Morgan fingerprint density at radius 2 is 2.00 bits per heavy atom. The molecule has 20 heavy (non-hydrogen) atoms. The summed E-state index contributed by atoms with van der Waals surface area (Å²) in [7, 11) is 3.80. The fourth-order valence-corrected chi connectivity index (χ4v) is 2.81. The van der Waals surface area contributed by atoms with Crippen LogP contribution in [0.15, 0.2) is 15.5 Å². The fraction of sp³-hybridized carbons (Fsp3) is 0.692. The number of hydrogen-bond donors (Lipinski definition) is 1. The van der Waals surface area contributed by atoms with E-state index in [0.29, 0.717) is 4.47 Å². The van der Waals surface area contributed by atoms with Crippen LogP contribution in [0.1, 0.15) is 6.92 Å². The van der Waals surface area contributed by atoms with Gasteiger partial charge in [-0.05, 0) is 29.9 Å². The molecule has 0 bridgehead atoms. The number of anilines is 1. The predicted octanol–water partition coefficient (Wildman–Crippen LogP) is 0.591. The van der Waals surface area contributed by atoms with Gasteiger partial charge in [0.05, 0.1) is 11.9 Å². The SMILES string of the molecule is CC(CN1CCN(C)CC1)Nc1cnn(C)c(=O)c1Br. The smallest absolute Gasteiger partial charge is 0.282 e. The zero-order valence-electron chi connectivity index (χ0n) is 12.3. The molecular formula is C13H22BrN5O. The van der Waals surface area contributed by atoms with E-state index in [2.05, 4.69) is 50.1 Å². The van der Waals surface area contributed by atoms with E-state index < -0.39 is 0 Å². The van der Waals surface area contributed by atoms with Gasteiger partial charge in [-0.25, -0.2) is 4.68 Å². The maximum absolute atomic E-state index is 11.8. The van der Waals surface area contributed by atoms with Crippen molar-refractivity contribution < 1.29 is 0 Å². The minimum Gasteiger partial charge on any atom is -0.379 e. The van der Waals surface area contributed by atoms with Gasteiger partial charge >= 0.3 is 0 Å². The van der Waals surface area contributed by atoms with E-state index in [0.717, 1.165) is 38.4 Å². The number of piperazine rings is 1. The monoisotopic (exact) mass is 343 g/mol. The first kappa shape index (κ1) is 15.5. The summed E-state index contributed by atoms with van der Waals surface area (Å²) in [6.45, 7) is 7.52. The molecule has 7 heteroatoms. The van der Waals surface area contributed by atoms with E-state index in [4.69, 9.17) is 0 Å². The molecule has 0 amide bonds. The van der Waals surface area contributed by atoms with E-state index in [-0.39, 0.29) is 11.6 Å². The van der Waals surface area contributed by atoms with Gasteiger partial charge in [-0.3, -0.25) is 9.69 Å². The van der Waals surface area contributed by atoms with Gasteiger partial charge < -0.3 is 10.2 Å². The van der Waals surface area contributed by atoms with E-state index in [1.165, 1.54) is 4.68 Å². The first-order valence-electron chi connectivity index (χ1n) is 6.86. The lowest BCUT2D eigenvalue weighted by Gasteiger charge is -2.34. The highest BCUT2D eigenvalue weighted by Crippen LogP contribution is 2.17. The lowest BCUT2D eigenvalue weighted by Crippen LogP contribution is -2.47. The molecule has 0 radical (unpaired) electrons. The molecule has 6 nitrogen and oxygen atoms in total. The molecule has 1 N–H and O–H groups in total. The van der Waals surface area contributed by atoms with Crippen molar-refractivity contribution in [2.45, 2.75) is 13.0 Å². The molecule has 0 aromatic carbocycles. The molecule has 0 aliphatic carbocycles. The third-order valence-electron chi connectivity index (χ3n) is 3.61. The summed E-state index contributed by atoms with van der Waals surface area (Å²) in [6, 6.07) is 0.267. The molecule has 0 saturated carbocycles. The zero-order chi connectivity index (χ0) is 14.7. The van der Waals surface area contributed by atoms with Crippen molar-refractivity contribution in [2.24, 2.45) is 7.05 Å². The second kappa shape index (κ2) is 6.69. The number of nitrogens with zero attached hydrogens (tertiary/aromatic N) is 4. The molecule has 1 fully saturated rings. The molecular weight excluding hydrogens is 322 g/mol. The number of likely N-dealkylation sites (N-methyl/N-ethyl adjacent to an activating group) is 1. The Labute approximate surface area is 127 Å². The molecule has 1 aromatic heterocycles. The van der Waals surface area contributed by atoms with Crippen LogP contribution < -0.4 is 10.9 Å². The van der Waals surface area contributed by atoms with E-state index in [1.54, 1.807) is 13.2 Å². The van der Waals surface area contributed by atoms with Gasteiger partial charge in [0.2, 0.25) is 0 Å². The van der Waals surface area contributed by atoms with Crippen LogP contribution in [0, 0.1) is 0 Å². The van der Waals surface area contributed by atoms with Crippen molar-refractivity contribution >= 4 is 21.6 Å². The molecule has 1 atom stereocenters. The Balaban J connectivity index is 1.93. The van der Waals surface area contributed by atoms with Crippen molar-refractivity contribution in [3.8, 4) is 0 Å². The number of aromatic nitrogens is 2. The van der Waals surface area contributed by atoms with Crippen LogP contribution in [0.4, 0.5) is 5.69 Å². The van der Waals surface area contributed by atoms with Crippen molar-refractivity contribution in [2.75, 3.05) is 45.1 Å². The van der Waals surface area contributed by atoms with Gasteiger partial charge in [-0.15, -0.1) is 0 Å². The summed E-state index contributed by atoms with van der Waals surface area (Å²) in [5.74, 6) is 0. The van der Waals surface area contributed by atoms with Crippen molar-refractivity contribution in [1.82, 2.24) is 19.6 Å². The van der Waals surface area contributed by atoms with E-state index >= 15 is 0 Å². The Bertz CT molecular complexity index is 510. The average molecular weight is 344 g/mol. The molecule has 1 aromatic rings. The molecule has 1 aliphatic heterocycles. The van der Waals surface area contributed by atoms with Gasteiger partial charge in [0.15, 0.2) is 0 Å². The molecule has 0 spiro atoms. The standard InChI is InChI=1S/C13H22BrN5O/c1-10(9-19-6-4-17(2)5-7-19)16-11-8-15-18(3)13(20)12(11)14/h8,10,16H,4-7,9H2,1-3H3. The van der Waals surface area contributed by atoms with Crippen molar-refractivity contribution in [3.63, 3.8) is 0 Å². The summed E-state index contributed by atoms with van der Waals surface area (Å²) in [6.07, 6.45) is 1.69. The Kier molecular flexibility index (Phi) is 5.17. The van der Waals surface area contributed by atoms with Gasteiger partial charge in [0.25, 0.3) is 5.56 Å². The molecule has 2 heterocycles. The highest BCUT2D eigenvalue weighted by atomic mass is 79.9. The highest BCUT2D eigenvalue weighted by Gasteiger charge is 2.17. The van der Waals surface area contributed by atoms with Crippen LogP contribution in [-0.2, 0) is 7.05 Å². The third kappa shape index (κ3) is 3.80.